The van der Waals surface area contributed by atoms with Crippen LogP contribution in [0.5, 0.6) is 0 Å². The van der Waals surface area contributed by atoms with Crippen molar-refractivity contribution < 1.29 is 14.8 Å². The SMILES string of the molecule is O=C(NCC(O)c1ccsc1)c1cc(Cl)cc([N+](=O)[O-])c1. The maximum atomic E-state index is 11.9. The van der Waals surface area contributed by atoms with E-state index in [1.807, 2.05) is 5.38 Å². The summed E-state index contributed by atoms with van der Waals surface area (Å²) in [5.41, 5.74) is 0.523. The van der Waals surface area contributed by atoms with Crippen LogP contribution in [0.15, 0.2) is 35.0 Å². The Morgan fingerprint density at radius 2 is 2.24 bits per heavy atom. The zero-order valence-corrected chi connectivity index (χ0v) is 12.2. The first-order chi connectivity index (χ1) is 9.97. The molecule has 1 atom stereocenters. The van der Waals surface area contributed by atoms with Crippen LogP contribution in [0, 0.1) is 10.1 Å². The Kier molecular flexibility index (Phi) is 4.89. The third-order valence-corrected chi connectivity index (χ3v) is 3.66. The standard InChI is InChI=1S/C13H11ClN2O4S/c14-10-3-9(4-11(5-10)16(19)20)13(18)15-6-12(17)8-1-2-21-7-8/h1-5,7,12,17H,6H2,(H,15,18). The number of hydrogen-bond acceptors (Lipinski definition) is 5. The molecule has 0 saturated carbocycles. The Morgan fingerprint density at radius 1 is 1.48 bits per heavy atom. The number of hydrogen-bond donors (Lipinski definition) is 2. The van der Waals surface area contributed by atoms with Crippen LogP contribution in [0.25, 0.3) is 0 Å². The van der Waals surface area contributed by atoms with Crippen molar-refractivity contribution in [1.29, 1.82) is 0 Å². The molecule has 21 heavy (non-hydrogen) atoms. The summed E-state index contributed by atoms with van der Waals surface area (Å²) in [6.07, 6.45) is -0.825. The number of non-ortho nitro benzene ring substituents is 1. The van der Waals surface area contributed by atoms with Crippen molar-refractivity contribution in [2.75, 3.05) is 6.54 Å². The third kappa shape index (κ3) is 4.01. The molecule has 110 valence electrons. The Balaban J connectivity index is 2.05. The zero-order chi connectivity index (χ0) is 15.4. The first-order valence-corrected chi connectivity index (χ1v) is 7.23. The molecule has 1 amide bonds. The summed E-state index contributed by atoms with van der Waals surface area (Å²) in [5.74, 6) is -0.533. The highest BCUT2D eigenvalue weighted by molar-refractivity contribution is 7.07. The van der Waals surface area contributed by atoms with E-state index in [1.54, 1.807) is 11.4 Å². The Morgan fingerprint density at radius 3 is 2.86 bits per heavy atom. The molecule has 0 bridgehead atoms. The lowest BCUT2D eigenvalue weighted by Gasteiger charge is -2.10. The number of amides is 1. The smallest absolute Gasteiger partial charge is 0.271 e. The molecular formula is C13H11ClN2O4S. The minimum Gasteiger partial charge on any atom is -0.387 e. The van der Waals surface area contributed by atoms with Gasteiger partial charge in [-0.3, -0.25) is 14.9 Å². The second-order valence-corrected chi connectivity index (χ2v) is 5.45. The molecule has 0 aliphatic rings. The number of nitro benzene ring substituents is 1. The predicted octanol–water partition coefficient (Wildman–Crippen LogP) is 2.77. The molecule has 1 heterocycles. The average Bonchev–Trinajstić information content (AvgIpc) is 2.97. The molecule has 6 nitrogen and oxygen atoms in total. The fourth-order valence-corrected chi connectivity index (χ4v) is 2.62. The highest BCUT2D eigenvalue weighted by atomic mass is 35.5. The number of carbonyl (C=O) groups is 1. The summed E-state index contributed by atoms with van der Waals surface area (Å²) < 4.78 is 0. The second kappa shape index (κ2) is 6.66. The highest BCUT2D eigenvalue weighted by Gasteiger charge is 2.15. The van der Waals surface area contributed by atoms with Crippen LogP contribution < -0.4 is 5.32 Å². The van der Waals surface area contributed by atoms with E-state index in [-0.39, 0.29) is 22.8 Å². The molecular weight excluding hydrogens is 316 g/mol. The van der Waals surface area contributed by atoms with E-state index >= 15 is 0 Å². The topological polar surface area (TPSA) is 92.5 Å². The van der Waals surface area contributed by atoms with Crippen LogP contribution in [0.2, 0.25) is 5.02 Å². The molecule has 1 aromatic carbocycles. The predicted molar refractivity (Wildman–Crippen MR) is 79.7 cm³/mol. The van der Waals surface area contributed by atoms with Gasteiger partial charge in [0.05, 0.1) is 11.0 Å². The van der Waals surface area contributed by atoms with Crippen molar-refractivity contribution >= 4 is 34.5 Å². The molecule has 0 aliphatic heterocycles. The van der Waals surface area contributed by atoms with Gasteiger partial charge < -0.3 is 10.4 Å². The lowest BCUT2D eigenvalue weighted by Crippen LogP contribution is -2.28. The summed E-state index contributed by atoms with van der Waals surface area (Å²) in [4.78, 5) is 22.0. The van der Waals surface area contributed by atoms with E-state index in [0.717, 1.165) is 6.07 Å². The number of nitrogens with one attached hydrogen (secondary N) is 1. The van der Waals surface area contributed by atoms with Gasteiger partial charge in [0.2, 0.25) is 0 Å². The maximum Gasteiger partial charge on any atom is 0.271 e. The van der Waals surface area contributed by atoms with Gasteiger partial charge in [0, 0.05) is 29.3 Å². The van der Waals surface area contributed by atoms with Crippen LogP contribution in [0.1, 0.15) is 22.0 Å². The van der Waals surface area contributed by atoms with Gasteiger partial charge in [0.1, 0.15) is 0 Å². The van der Waals surface area contributed by atoms with Crippen molar-refractivity contribution in [3.05, 3.63) is 61.3 Å². The first kappa shape index (κ1) is 15.4. The number of aliphatic hydroxyl groups is 1. The summed E-state index contributed by atoms with van der Waals surface area (Å²) in [5, 5.41) is 26.8. The molecule has 0 spiro atoms. The molecule has 0 radical (unpaired) electrons. The normalized spacial score (nSPS) is 11.9. The number of carbonyl (C=O) groups excluding carboxylic acids is 1. The van der Waals surface area contributed by atoms with Crippen molar-refractivity contribution in [2.45, 2.75) is 6.10 Å². The fraction of sp³-hybridized carbons (Fsp3) is 0.154. The molecule has 0 fully saturated rings. The molecule has 2 aromatic rings. The molecule has 0 saturated heterocycles. The van der Waals surface area contributed by atoms with Gasteiger partial charge in [-0.05, 0) is 28.5 Å². The maximum absolute atomic E-state index is 11.9. The Hall–Kier alpha value is -1.96. The lowest BCUT2D eigenvalue weighted by atomic mass is 10.1. The van der Waals surface area contributed by atoms with Crippen molar-refractivity contribution in [1.82, 2.24) is 5.32 Å². The number of nitrogens with zero attached hydrogens (tertiary/aromatic N) is 1. The number of nitro groups is 1. The molecule has 2 N–H and O–H groups in total. The minimum atomic E-state index is -0.825. The van der Waals surface area contributed by atoms with E-state index in [1.165, 1.54) is 23.5 Å². The average molecular weight is 327 g/mol. The molecule has 2 rings (SSSR count). The summed E-state index contributed by atoms with van der Waals surface area (Å²) in [7, 11) is 0. The van der Waals surface area contributed by atoms with Crippen LogP contribution in [0.3, 0.4) is 0 Å². The lowest BCUT2D eigenvalue weighted by molar-refractivity contribution is -0.384. The van der Waals surface area contributed by atoms with Gasteiger partial charge in [0.25, 0.3) is 11.6 Å². The minimum absolute atomic E-state index is 0.00980. The third-order valence-electron chi connectivity index (χ3n) is 2.74. The van der Waals surface area contributed by atoms with Crippen molar-refractivity contribution in [3.63, 3.8) is 0 Å². The first-order valence-electron chi connectivity index (χ1n) is 5.90. The van der Waals surface area contributed by atoms with E-state index in [2.05, 4.69) is 5.32 Å². The number of thiophene rings is 1. The van der Waals surface area contributed by atoms with E-state index in [0.29, 0.717) is 5.56 Å². The van der Waals surface area contributed by atoms with E-state index in [9.17, 15) is 20.0 Å². The Bertz CT molecular complexity index is 660. The summed E-state index contributed by atoms with van der Waals surface area (Å²) in [6, 6.07) is 5.39. The summed E-state index contributed by atoms with van der Waals surface area (Å²) >= 11 is 7.19. The van der Waals surface area contributed by atoms with Gasteiger partial charge in [-0.1, -0.05) is 11.6 Å². The number of aliphatic hydroxyl groups excluding tert-OH is 1. The van der Waals surface area contributed by atoms with E-state index < -0.39 is 16.9 Å². The zero-order valence-electron chi connectivity index (χ0n) is 10.7. The molecule has 0 aliphatic carbocycles. The molecule has 1 aromatic heterocycles. The van der Waals surface area contributed by atoms with Gasteiger partial charge in [-0.2, -0.15) is 11.3 Å². The number of rotatable bonds is 5. The second-order valence-electron chi connectivity index (χ2n) is 4.24. The van der Waals surface area contributed by atoms with Gasteiger partial charge in [0.15, 0.2) is 0 Å². The monoisotopic (exact) mass is 326 g/mol. The highest BCUT2D eigenvalue weighted by Crippen LogP contribution is 2.21. The van der Waals surface area contributed by atoms with Crippen molar-refractivity contribution in [3.8, 4) is 0 Å². The number of halogens is 1. The van der Waals surface area contributed by atoms with Gasteiger partial charge in [-0.25, -0.2) is 0 Å². The Labute approximate surface area is 129 Å². The fourth-order valence-electron chi connectivity index (χ4n) is 1.68. The quantitative estimate of drug-likeness (QED) is 0.652. The van der Waals surface area contributed by atoms with Crippen LogP contribution >= 0.6 is 22.9 Å². The van der Waals surface area contributed by atoms with Crippen molar-refractivity contribution in [2.24, 2.45) is 0 Å². The molecule has 8 heteroatoms. The molecule has 1 unspecified atom stereocenters. The van der Waals surface area contributed by atoms with Gasteiger partial charge in [-0.15, -0.1) is 0 Å². The summed E-state index contributed by atoms with van der Waals surface area (Å²) in [6.45, 7) is 0.00980. The van der Waals surface area contributed by atoms with Crippen LogP contribution in [0.4, 0.5) is 5.69 Å². The van der Waals surface area contributed by atoms with E-state index in [4.69, 9.17) is 11.6 Å². The van der Waals surface area contributed by atoms with Crippen LogP contribution in [-0.2, 0) is 0 Å². The largest absolute Gasteiger partial charge is 0.387 e. The van der Waals surface area contributed by atoms with Crippen LogP contribution in [-0.4, -0.2) is 22.5 Å². The van der Waals surface area contributed by atoms with Gasteiger partial charge >= 0.3 is 0 Å². The number of benzene rings is 1.